The zero-order valence-corrected chi connectivity index (χ0v) is 53.0. The molecule has 4 fully saturated rings. The van der Waals surface area contributed by atoms with Crippen molar-refractivity contribution in [2.45, 2.75) is 113 Å². The van der Waals surface area contributed by atoms with Gasteiger partial charge in [-0.25, -0.2) is 28.3 Å². The number of carbonyl (C=O) groups excluding carboxylic acids is 5. The molecule has 2 aliphatic heterocycles. The van der Waals surface area contributed by atoms with Crippen LogP contribution in [-0.4, -0.2) is 126 Å². The van der Waals surface area contributed by atoms with Crippen LogP contribution in [0.15, 0.2) is 122 Å². The first-order valence-corrected chi connectivity index (χ1v) is 29.2. The zero-order chi connectivity index (χ0) is 60.7. The van der Waals surface area contributed by atoms with Crippen LogP contribution in [-0.2, 0) is 34.9 Å². The molecule has 25 heteroatoms. The molecule has 455 valence electrons. The third-order valence-corrected chi connectivity index (χ3v) is 16.3. The van der Waals surface area contributed by atoms with Crippen LogP contribution in [0.5, 0.6) is 0 Å². The van der Waals surface area contributed by atoms with Crippen LogP contribution in [0.2, 0.25) is 10.0 Å². The molecule has 0 spiro atoms. The number of hydrogen-bond acceptors (Lipinski definition) is 13. The Morgan fingerprint density at radius 2 is 1.08 bits per heavy atom. The first kappa shape index (κ1) is 69.6. The van der Waals surface area contributed by atoms with Crippen molar-refractivity contribution in [1.29, 1.82) is 0 Å². The summed E-state index contributed by atoms with van der Waals surface area (Å²) >= 11 is 11.8. The van der Waals surface area contributed by atoms with Gasteiger partial charge in [0.25, 0.3) is 0 Å². The molecule has 6 atom stereocenters. The van der Waals surface area contributed by atoms with Crippen molar-refractivity contribution in [2.24, 2.45) is 17.6 Å². The van der Waals surface area contributed by atoms with E-state index in [9.17, 15) is 19.2 Å². The van der Waals surface area contributed by atoms with Crippen molar-refractivity contribution in [3.05, 3.63) is 166 Å². The number of rotatable bonds is 20. The molecule has 3 radical (unpaired) electrons. The van der Waals surface area contributed by atoms with Crippen LogP contribution in [0.3, 0.4) is 0 Å². The average molecular weight is 1240 g/mol. The van der Waals surface area contributed by atoms with Gasteiger partial charge in [0, 0.05) is 85.7 Å². The number of amides is 6. The van der Waals surface area contributed by atoms with Gasteiger partial charge in [-0.15, -0.1) is 0 Å². The van der Waals surface area contributed by atoms with Gasteiger partial charge in [-0.05, 0) is 146 Å². The Bertz CT molecular complexity index is 3250. The standard InChI is InChI=1S/C31H36ClFN6O3.C29H32ClFN6O3.C2H4O.B.Na.H/c1-3-36-31(13-10-20-4-5-20,21-11-14-34-15-12-21)22-6-8-25(33)26(16-22)37-29(40)27-17-24(42-2)19-39(27)30(41)38-28-9-7-23(32)18-35-28;1-40-22-15-25(37(17-22)28(39)36-26-7-5-21(30)16-34-26)27(38)35-24-14-20(4-6-23(24)31)29(32,11-8-18-2-3-18)19-9-12-33-13-10-19;1-2-3;;;/h6-9,11-12,14-16,18,20,24,27,36H,3-5,10,13,17,19H2,1-2H3,(H,37,40)(H,35,38,41);4-7,9-10,12-14,16,18,22,25H,2-3,8,11,15,17,32H2,1H3,(H,35,38)(H,34,36,39);2H,1H3;;;/q;;;;+1;-1/t24-,27-,31?;22-,25-,29?;;;;/m11..../s1. The number of aromatic nitrogens is 4. The van der Waals surface area contributed by atoms with E-state index in [0.717, 1.165) is 42.2 Å². The third kappa shape index (κ3) is 18.3. The van der Waals surface area contributed by atoms with Gasteiger partial charge in [0.1, 0.15) is 41.6 Å². The number of pyridine rings is 4. The van der Waals surface area contributed by atoms with Crippen LogP contribution in [0.4, 0.5) is 41.4 Å². The quantitative estimate of drug-likeness (QED) is 0.0322. The van der Waals surface area contributed by atoms with E-state index in [0.29, 0.717) is 46.2 Å². The number of benzene rings is 2. The number of ether oxygens (including phenoxy) is 2. The molecule has 10 rings (SSSR count). The van der Waals surface area contributed by atoms with Gasteiger partial charge in [-0.1, -0.05) is 67.9 Å². The molecule has 19 nitrogen and oxygen atoms in total. The molecule has 6 heterocycles. The minimum atomic E-state index is -0.891. The maximum absolute atomic E-state index is 15.3. The summed E-state index contributed by atoms with van der Waals surface area (Å²) in [4.78, 5) is 81.4. The summed E-state index contributed by atoms with van der Waals surface area (Å²) < 4.78 is 41.2. The van der Waals surface area contributed by atoms with E-state index < -0.39 is 58.7 Å². The van der Waals surface area contributed by atoms with Crippen molar-refractivity contribution < 1.29 is 73.2 Å². The number of urea groups is 2. The topological polar surface area (TPSA) is 248 Å². The molecule has 2 saturated carbocycles. The SMILES string of the molecule is CC=O.CCNC(CCC1CC1)(c1ccncc1)c1ccc(F)c(NC(=O)[C@H]2C[C@@H](OC)CN2C(=O)Nc2ccc(Cl)cn2)c1.CO[C@@H]1C[C@H](C(=O)Nc2cc(C(N)(CCC3CC3)c3ccncc3)ccc2F)N(C(=O)Nc2ccc(Cl)cn2)C1.[B].[H-].[Na+]. The Kier molecular flexibility index (Phi) is 26.1. The van der Waals surface area contributed by atoms with E-state index in [2.05, 4.69) is 46.5 Å². The van der Waals surface area contributed by atoms with Gasteiger partial charge in [0.05, 0.1) is 44.7 Å². The molecule has 2 unspecified atom stereocenters. The molecule has 87 heavy (non-hydrogen) atoms. The van der Waals surface area contributed by atoms with Crippen molar-refractivity contribution in [1.82, 2.24) is 35.1 Å². The summed E-state index contributed by atoms with van der Waals surface area (Å²) in [5, 5.41) is 15.4. The summed E-state index contributed by atoms with van der Waals surface area (Å²) in [5.74, 6) is -0.252. The molecule has 2 aliphatic carbocycles. The van der Waals surface area contributed by atoms with Gasteiger partial charge in [-0.3, -0.25) is 30.2 Å². The fourth-order valence-corrected chi connectivity index (χ4v) is 11.0. The number of nitrogens with one attached hydrogen (secondary N) is 5. The third-order valence-electron chi connectivity index (χ3n) is 15.8. The van der Waals surface area contributed by atoms with Crippen LogP contribution in [0.1, 0.15) is 102 Å². The van der Waals surface area contributed by atoms with E-state index in [4.69, 9.17) is 43.2 Å². The molecule has 2 aromatic carbocycles. The fraction of sp³-hybridized carbons (Fsp3) is 0.403. The Hall–Kier alpha value is -6.47. The minimum Gasteiger partial charge on any atom is -1.00 e. The summed E-state index contributed by atoms with van der Waals surface area (Å²) in [7, 11) is 3.05. The van der Waals surface area contributed by atoms with Gasteiger partial charge in [-0.2, -0.15) is 0 Å². The number of hydrogen-bond donors (Lipinski definition) is 6. The first-order chi connectivity index (χ1) is 41.0. The predicted octanol–water partition coefficient (Wildman–Crippen LogP) is 7.43. The molecule has 6 aromatic rings. The maximum atomic E-state index is 15.3. The van der Waals surface area contributed by atoms with E-state index >= 15 is 8.78 Å². The first-order valence-electron chi connectivity index (χ1n) is 28.4. The fourth-order valence-electron chi connectivity index (χ4n) is 10.8. The Labute approximate surface area is 541 Å². The predicted molar refractivity (Wildman–Crippen MR) is 329 cm³/mol. The van der Waals surface area contributed by atoms with E-state index in [1.807, 2.05) is 31.2 Å². The van der Waals surface area contributed by atoms with E-state index in [-0.39, 0.29) is 94.7 Å². The van der Waals surface area contributed by atoms with Crippen LogP contribution >= 0.6 is 23.2 Å². The second-order valence-corrected chi connectivity index (χ2v) is 22.4. The Morgan fingerprint density at radius 3 is 1.49 bits per heavy atom. The summed E-state index contributed by atoms with van der Waals surface area (Å²) in [6, 6.07) is 20.6. The number of anilines is 4. The van der Waals surface area contributed by atoms with Crippen molar-refractivity contribution in [3.63, 3.8) is 0 Å². The molecule has 4 aliphatic rings. The summed E-state index contributed by atoms with van der Waals surface area (Å²) in [6.07, 6.45) is 18.6. The summed E-state index contributed by atoms with van der Waals surface area (Å²) in [5.41, 5.74) is 9.02. The number of methoxy groups -OCH3 is 2. The number of likely N-dealkylation sites (tertiary alicyclic amines) is 2. The minimum absolute atomic E-state index is 0. The molecule has 2 saturated heterocycles. The van der Waals surface area contributed by atoms with Crippen molar-refractivity contribution in [2.75, 3.05) is 55.1 Å². The van der Waals surface area contributed by atoms with Gasteiger partial charge in [0.2, 0.25) is 11.8 Å². The molecular formula is C62H73BCl2F2N12NaO7. The molecule has 4 aromatic heterocycles. The van der Waals surface area contributed by atoms with Gasteiger partial charge >= 0.3 is 41.6 Å². The smallest absolute Gasteiger partial charge is 1.00 e. The molecule has 7 N–H and O–H groups in total. The number of nitrogens with zero attached hydrogens (tertiary/aromatic N) is 6. The molecule has 6 amide bonds. The second kappa shape index (κ2) is 32.7. The Morgan fingerprint density at radius 1 is 0.655 bits per heavy atom. The number of carbonyl (C=O) groups is 5. The van der Waals surface area contributed by atoms with Crippen LogP contribution in [0, 0.1) is 23.5 Å². The maximum Gasteiger partial charge on any atom is 1.00 e. The monoisotopic (exact) mass is 1240 g/mol. The number of nitrogens with two attached hydrogens (primary N) is 1. The number of halogens is 4. The number of aldehydes is 1. The van der Waals surface area contributed by atoms with Gasteiger partial charge < -0.3 is 47.2 Å². The molecular weight excluding hydrogens is 1170 g/mol. The molecule has 0 bridgehead atoms. The summed E-state index contributed by atoms with van der Waals surface area (Å²) in [6.45, 7) is 4.57. The zero-order valence-electron chi connectivity index (χ0n) is 50.5. The largest absolute Gasteiger partial charge is 1.00 e. The van der Waals surface area contributed by atoms with Crippen LogP contribution < -0.4 is 61.9 Å². The van der Waals surface area contributed by atoms with Crippen molar-refractivity contribution in [3.8, 4) is 0 Å². The average Bonchev–Trinajstić information content (AvgIpc) is 3.04. The van der Waals surface area contributed by atoms with Gasteiger partial charge in [0.15, 0.2) is 0 Å². The van der Waals surface area contributed by atoms with Crippen molar-refractivity contribution >= 4 is 84.8 Å². The Balaban J connectivity index is 0.000000297. The van der Waals surface area contributed by atoms with E-state index in [1.54, 1.807) is 73.3 Å². The normalized spacial score (nSPS) is 19.0. The van der Waals surface area contributed by atoms with Crippen LogP contribution in [0.25, 0.3) is 0 Å². The van der Waals surface area contributed by atoms with E-state index in [1.165, 1.54) is 81.2 Å². The second-order valence-electron chi connectivity index (χ2n) is 21.6.